The van der Waals surface area contributed by atoms with Crippen molar-refractivity contribution in [2.24, 2.45) is 11.8 Å². The average Bonchev–Trinajstić information content (AvgIpc) is 3.44. The van der Waals surface area contributed by atoms with Gasteiger partial charge in [-0.1, -0.05) is 71.8 Å². The number of aromatic nitrogens is 2. The Bertz CT molecular complexity index is 1140. The normalized spacial score (nSPS) is 14.4. The molecule has 42 heavy (non-hydrogen) atoms. The van der Waals surface area contributed by atoms with Crippen molar-refractivity contribution in [1.82, 2.24) is 20.4 Å². The molecule has 232 valence electrons. The number of carbonyl (C=O) groups excluding carboxylic acids is 3. The summed E-state index contributed by atoms with van der Waals surface area (Å²) in [5.74, 6) is 1.70. The molecule has 1 aromatic heterocycles. The molecule has 1 heterocycles. The van der Waals surface area contributed by atoms with E-state index in [0.717, 1.165) is 30.5 Å². The van der Waals surface area contributed by atoms with E-state index in [1.165, 1.54) is 32.1 Å². The van der Waals surface area contributed by atoms with E-state index in [1.807, 2.05) is 22.9 Å². The molecule has 2 amide bonds. The monoisotopic (exact) mass is 582 g/mol. The molecule has 1 aliphatic rings. The number of hydrogen-bond acceptors (Lipinski definition) is 6. The van der Waals surface area contributed by atoms with Crippen LogP contribution < -0.4 is 20.1 Å². The summed E-state index contributed by atoms with van der Waals surface area (Å²) in [5, 5.41) is 10.6. The molecular weight excluding hydrogens is 532 g/mol. The SMILES string of the molecule is CCC(=O)CNC(=O)C[C@H](CCC1CCCCC1)NC(=O)c1cc(-c2c(OC)cccc2OC)n(CC(CC)CC)n1. The molecule has 0 saturated heterocycles. The molecule has 0 unspecified atom stereocenters. The second-order valence-electron chi connectivity index (χ2n) is 11.4. The molecule has 0 spiro atoms. The van der Waals surface area contributed by atoms with Gasteiger partial charge in [-0.25, -0.2) is 0 Å². The van der Waals surface area contributed by atoms with Gasteiger partial charge in [-0.15, -0.1) is 0 Å². The Kier molecular flexibility index (Phi) is 13.4. The molecule has 9 nitrogen and oxygen atoms in total. The van der Waals surface area contributed by atoms with Gasteiger partial charge in [-0.2, -0.15) is 5.10 Å². The maximum Gasteiger partial charge on any atom is 0.272 e. The van der Waals surface area contributed by atoms with Crippen molar-refractivity contribution in [2.45, 2.75) is 104 Å². The maximum atomic E-state index is 13.7. The Balaban J connectivity index is 1.88. The summed E-state index contributed by atoms with van der Waals surface area (Å²) < 4.78 is 13.2. The van der Waals surface area contributed by atoms with Crippen molar-refractivity contribution >= 4 is 17.6 Å². The number of hydrogen-bond donors (Lipinski definition) is 2. The molecule has 3 rings (SSSR count). The number of Topliss-reactive ketones (excluding diaryl/α,β-unsaturated/α-hetero) is 1. The average molecular weight is 583 g/mol. The van der Waals surface area contributed by atoms with E-state index < -0.39 is 0 Å². The highest BCUT2D eigenvalue weighted by molar-refractivity contribution is 5.94. The first-order chi connectivity index (χ1) is 20.3. The quantitative estimate of drug-likeness (QED) is 0.239. The van der Waals surface area contributed by atoms with Gasteiger partial charge in [0.25, 0.3) is 5.91 Å². The summed E-state index contributed by atoms with van der Waals surface area (Å²) in [6, 6.07) is 7.04. The molecule has 1 fully saturated rings. The zero-order valence-corrected chi connectivity index (χ0v) is 26.2. The van der Waals surface area contributed by atoms with E-state index in [4.69, 9.17) is 14.6 Å². The standard InChI is InChI=1S/C33H50N4O5/c1-6-23(7-2)22-37-28(32-29(41-4)15-12-16-30(32)42-5)20-27(36-37)33(40)35-25(18-17-24-13-10-9-11-14-24)19-31(39)34-21-26(38)8-3/h12,15-16,20,23-25H,6-11,13-14,17-19,21-22H2,1-5H3,(H,34,39)(H,35,40)/t25-/m0/s1. The fraction of sp³-hybridized carbons (Fsp3) is 0.636. The fourth-order valence-corrected chi connectivity index (χ4v) is 5.78. The minimum absolute atomic E-state index is 0.0170. The van der Waals surface area contributed by atoms with E-state index in [1.54, 1.807) is 27.2 Å². The van der Waals surface area contributed by atoms with Gasteiger partial charge in [-0.3, -0.25) is 19.1 Å². The first-order valence-electron chi connectivity index (χ1n) is 15.7. The van der Waals surface area contributed by atoms with Crippen molar-refractivity contribution in [3.63, 3.8) is 0 Å². The Morgan fingerprint density at radius 1 is 1.02 bits per heavy atom. The smallest absolute Gasteiger partial charge is 0.272 e. The summed E-state index contributed by atoms with van der Waals surface area (Å²) in [7, 11) is 3.23. The predicted molar refractivity (Wildman–Crippen MR) is 165 cm³/mol. The van der Waals surface area contributed by atoms with E-state index in [2.05, 4.69) is 24.5 Å². The van der Waals surface area contributed by atoms with Crippen LogP contribution in [0.5, 0.6) is 11.5 Å². The number of rotatable bonds is 17. The summed E-state index contributed by atoms with van der Waals surface area (Å²) in [5.41, 5.74) is 1.78. The number of methoxy groups -OCH3 is 2. The van der Waals surface area contributed by atoms with E-state index >= 15 is 0 Å². The van der Waals surface area contributed by atoms with Gasteiger partial charge in [0.1, 0.15) is 11.5 Å². The third-order valence-corrected chi connectivity index (χ3v) is 8.57. The van der Waals surface area contributed by atoms with Crippen LogP contribution in [0.15, 0.2) is 24.3 Å². The molecule has 2 N–H and O–H groups in total. The van der Waals surface area contributed by atoms with E-state index in [0.29, 0.717) is 42.7 Å². The minimum atomic E-state index is -0.357. The lowest BCUT2D eigenvalue weighted by Crippen LogP contribution is -2.40. The fourth-order valence-electron chi connectivity index (χ4n) is 5.78. The Morgan fingerprint density at radius 2 is 1.69 bits per heavy atom. The van der Waals surface area contributed by atoms with Crippen LogP contribution in [0.1, 0.15) is 102 Å². The lowest BCUT2D eigenvalue weighted by Gasteiger charge is -2.24. The number of nitrogens with one attached hydrogen (secondary N) is 2. The van der Waals surface area contributed by atoms with Gasteiger partial charge in [-0.05, 0) is 42.9 Å². The van der Waals surface area contributed by atoms with Crippen LogP contribution in [0, 0.1) is 11.8 Å². The molecule has 0 aliphatic heterocycles. The molecule has 0 bridgehead atoms. The number of nitrogens with zero attached hydrogens (tertiary/aromatic N) is 2. The molecule has 1 aromatic carbocycles. The molecule has 1 atom stereocenters. The van der Waals surface area contributed by atoms with Crippen LogP contribution >= 0.6 is 0 Å². The first kappa shape index (κ1) is 33.1. The number of carbonyl (C=O) groups is 3. The van der Waals surface area contributed by atoms with Crippen LogP contribution in [0.3, 0.4) is 0 Å². The second-order valence-corrected chi connectivity index (χ2v) is 11.4. The number of ether oxygens (including phenoxy) is 2. The predicted octanol–water partition coefficient (Wildman–Crippen LogP) is 5.95. The lowest BCUT2D eigenvalue weighted by atomic mass is 9.85. The van der Waals surface area contributed by atoms with Gasteiger partial charge in [0, 0.05) is 25.4 Å². The number of amides is 2. The van der Waals surface area contributed by atoms with Crippen molar-refractivity contribution in [3.05, 3.63) is 30.0 Å². The highest BCUT2D eigenvalue weighted by Gasteiger charge is 2.25. The topological polar surface area (TPSA) is 112 Å². The van der Waals surface area contributed by atoms with Crippen LogP contribution in [0.25, 0.3) is 11.3 Å². The Labute approximate surface area is 251 Å². The summed E-state index contributed by atoms with van der Waals surface area (Å²) in [4.78, 5) is 38.2. The summed E-state index contributed by atoms with van der Waals surface area (Å²) in [6.45, 7) is 6.76. The first-order valence-corrected chi connectivity index (χ1v) is 15.7. The highest BCUT2D eigenvalue weighted by atomic mass is 16.5. The van der Waals surface area contributed by atoms with Crippen LogP contribution in [0.2, 0.25) is 0 Å². The van der Waals surface area contributed by atoms with Crippen molar-refractivity contribution in [3.8, 4) is 22.8 Å². The zero-order chi connectivity index (χ0) is 30.5. The van der Waals surface area contributed by atoms with Crippen molar-refractivity contribution < 1.29 is 23.9 Å². The highest BCUT2D eigenvalue weighted by Crippen LogP contribution is 2.39. The molecule has 2 aromatic rings. The molecular formula is C33H50N4O5. The van der Waals surface area contributed by atoms with Gasteiger partial charge in [0.2, 0.25) is 5.91 Å². The third kappa shape index (κ3) is 9.33. The summed E-state index contributed by atoms with van der Waals surface area (Å²) in [6.07, 6.45) is 10.3. The minimum Gasteiger partial charge on any atom is -0.496 e. The lowest BCUT2D eigenvalue weighted by molar-refractivity contribution is -0.125. The molecule has 0 radical (unpaired) electrons. The third-order valence-electron chi connectivity index (χ3n) is 8.57. The number of ketones is 1. The molecule has 1 saturated carbocycles. The molecule has 1 aliphatic carbocycles. The van der Waals surface area contributed by atoms with Gasteiger partial charge in [0.05, 0.1) is 32.0 Å². The largest absolute Gasteiger partial charge is 0.496 e. The number of benzene rings is 1. The van der Waals surface area contributed by atoms with Gasteiger partial charge >= 0.3 is 0 Å². The Hall–Kier alpha value is -3.36. The van der Waals surface area contributed by atoms with Crippen LogP contribution in [0.4, 0.5) is 0 Å². The van der Waals surface area contributed by atoms with Crippen molar-refractivity contribution in [1.29, 1.82) is 0 Å². The van der Waals surface area contributed by atoms with Gasteiger partial charge in [0.15, 0.2) is 11.5 Å². The van der Waals surface area contributed by atoms with Crippen molar-refractivity contribution in [2.75, 3.05) is 20.8 Å². The van der Waals surface area contributed by atoms with Crippen LogP contribution in [-0.2, 0) is 16.1 Å². The van der Waals surface area contributed by atoms with Crippen LogP contribution in [-0.4, -0.2) is 54.2 Å². The van der Waals surface area contributed by atoms with Gasteiger partial charge < -0.3 is 20.1 Å². The molecule has 9 heteroatoms. The second kappa shape index (κ2) is 16.9. The Morgan fingerprint density at radius 3 is 2.29 bits per heavy atom. The summed E-state index contributed by atoms with van der Waals surface area (Å²) >= 11 is 0. The van der Waals surface area contributed by atoms with E-state index in [-0.39, 0.29) is 42.3 Å². The zero-order valence-electron chi connectivity index (χ0n) is 26.2. The maximum absolute atomic E-state index is 13.7. The van der Waals surface area contributed by atoms with E-state index in [9.17, 15) is 14.4 Å².